The van der Waals surface area contributed by atoms with E-state index in [1.54, 1.807) is 30.3 Å². The average Bonchev–Trinajstić information content (AvgIpc) is 3.09. The van der Waals surface area contributed by atoms with Gasteiger partial charge in [-0.05, 0) is 79.1 Å². The van der Waals surface area contributed by atoms with Crippen LogP contribution in [-0.2, 0) is 9.59 Å². The lowest BCUT2D eigenvalue weighted by atomic mass is 10.2. The number of thiocarbonyl (C=S) groups is 1. The summed E-state index contributed by atoms with van der Waals surface area (Å²) in [6.45, 7) is 3.67. The van der Waals surface area contributed by atoms with Crippen LogP contribution in [0.25, 0.3) is 6.08 Å². The summed E-state index contributed by atoms with van der Waals surface area (Å²) in [7, 11) is 0. The first-order valence-electron chi connectivity index (χ1n) is 10.5. The van der Waals surface area contributed by atoms with E-state index < -0.39 is 0 Å². The van der Waals surface area contributed by atoms with Crippen molar-refractivity contribution in [3.05, 3.63) is 91.8 Å². The Balaban J connectivity index is 1.43. The van der Waals surface area contributed by atoms with Gasteiger partial charge in [0, 0.05) is 15.2 Å². The third-order valence-corrected chi connectivity index (χ3v) is 7.40. The van der Waals surface area contributed by atoms with Crippen LogP contribution in [0.3, 0.4) is 0 Å². The number of carbonyl (C=O) groups excluding carboxylic acids is 2. The number of amides is 2. The molecule has 1 heterocycles. The molecule has 1 fully saturated rings. The Kier molecular flexibility index (Phi) is 7.96. The summed E-state index contributed by atoms with van der Waals surface area (Å²) in [5.74, 6) is 0.0381. The molecule has 3 aromatic rings. The highest BCUT2D eigenvalue weighted by molar-refractivity contribution is 9.10. The van der Waals surface area contributed by atoms with E-state index in [2.05, 4.69) is 21.2 Å². The quantitative estimate of drug-likeness (QED) is 0.245. The van der Waals surface area contributed by atoms with Gasteiger partial charge in [0.05, 0.1) is 10.6 Å². The number of halogens is 2. The first kappa shape index (κ1) is 25.4. The SMILES string of the molecule is Cc1ccc(N2C(=O)/C(=C/c3cccc(OCC(=O)Nc4ccc(Br)cc4C)c3)SC2=S)cc1Cl. The van der Waals surface area contributed by atoms with Crippen molar-refractivity contribution in [2.24, 2.45) is 0 Å². The zero-order valence-electron chi connectivity index (χ0n) is 18.8. The van der Waals surface area contributed by atoms with Gasteiger partial charge in [-0.1, -0.05) is 69.7 Å². The Morgan fingerprint density at radius 2 is 1.94 bits per heavy atom. The molecule has 35 heavy (non-hydrogen) atoms. The van der Waals surface area contributed by atoms with Crippen LogP contribution in [0.4, 0.5) is 11.4 Å². The van der Waals surface area contributed by atoms with Gasteiger partial charge in [0.15, 0.2) is 10.9 Å². The van der Waals surface area contributed by atoms with E-state index in [9.17, 15) is 9.59 Å². The Morgan fingerprint density at radius 3 is 2.69 bits per heavy atom. The highest BCUT2D eigenvalue weighted by Gasteiger charge is 2.33. The molecule has 0 bridgehead atoms. The van der Waals surface area contributed by atoms with E-state index >= 15 is 0 Å². The highest BCUT2D eigenvalue weighted by atomic mass is 79.9. The lowest BCUT2D eigenvalue weighted by Crippen LogP contribution is -2.27. The first-order valence-corrected chi connectivity index (χ1v) is 12.9. The minimum absolute atomic E-state index is 0.144. The summed E-state index contributed by atoms with van der Waals surface area (Å²) >= 11 is 16.3. The summed E-state index contributed by atoms with van der Waals surface area (Å²) in [6, 6.07) is 18.2. The van der Waals surface area contributed by atoms with Gasteiger partial charge in [0.1, 0.15) is 5.75 Å². The molecule has 0 atom stereocenters. The highest BCUT2D eigenvalue weighted by Crippen LogP contribution is 2.37. The van der Waals surface area contributed by atoms with Gasteiger partial charge in [0.25, 0.3) is 11.8 Å². The first-order chi connectivity index (χ1) is 16.7. The molecule has 3 aromatic carbocycles. The molecule has 0 aromatic heterocycles. The number of aryl methyl sites for hydroxylation is 2. The van der Waals surface area contributed by atoms with Crippen LogP contribution in [0.2, 0.25) is 5.02 Å². The second-order valence-electron chi connectivity index (χ2n) is 7.82. The number of rotatable bonds is 6. The van der Waals surface area contributed by atoms with Gasteiger partial charge < -0.3 is 10.1 Å². The number of ether oxygens (including phenoxy) is 1. The number of hydrogen-bond acceptors (Lipinski definition) is 5. The van der Waals surface area contributed by atoms with Crippen molar-refractivity contribution in [3.63, 3.8) is 0 Å². The van der Waals surface area contributed by atoms with Crippen LogP contribution in [0.1, 0.15) is 16.7 Å². The van der Waals surface area contributed by atoms with Crippen molar-refractivity contribution in [3.8, 4) is 5.75 Å². The molecule has 9 heteroatoms. The number of hydrogen-bond donors (Lipinski definition) is 1. The average molecular weight is 588 g/mol. The second-order valence-corrected chi connectivity index (χ2v) is 10.8. The van der Waals surface area contributed by atoms with E-state index in [1.165, 1.54) is 16.7 Å². The van der Waals surface area contributed by atoms with E-state index in [1.807, 2.05) is 50.2 Å². The molecule has 0 spiro atoms. The number of carbonyl (C=O) groups is 2. The molecule has 2 amide bonds. The summed E-state index contributed by atoms with van der Waals surface area (Å²) in [6.07, 6.45) is 1.76. The third-order valence-electron chi connectivity index (χ3n) is 5.20. The van der Waals surface area contributed by atoms with Crippen LogP contribution in [0.15, 0.2) is 70.0 Å². The van der Waals surface area contributed by atoms with Crippen molar-refractivity contribution in [1.29, 1.82) is 0 Å². The Labute approximate surface area is 226 Å². The molecule has 5 nitrogen and oxygen atoms in total. The number of anilines is 2. The smallest absolute Gasteiger partial charge is 0.270 e. The number of nitrogens with zero attached hydrogens (tertiary/aromatic N) is 1. The molecule has 1 N–H and O–H groups in total. The largest absolute Gasteiger partial charge is 0.484 e. The monoisotopic (exact) mass is 586 g/mol. The predicted octanol–water partition coefficient (Wildman–Crippen LogP) is 7.14. The van der Waals surface area contributed by atoms with Crippen molar-refractivity contribution >= 4 is 85.1 Å². The Morgan fingerprint density at radius 1 is 1.14 bits per heavy atom. The van der Waals surface area contributed by atoms with Gasteiger partial charge in [-0.2, -0.15) is 0 Å². The molecular weight excluding hydrogens is 568 g/mol. The van der Waals surface area contributed by atoms with Crippen molar-refractivity contribution in [2.45, 2.75) is 13.8 Å². The fourth-order valence-electron chi connectivity index (χ4n) is 3.36. The fourth-order valence-corrected chi connectivity index (χ4v) is 5.31. The molecule has 0 saturated carbocycles. The zero-order chi connectivity index (χ0) is 25.1. The summed E-state index contributed by atoms with van der Waals surface area (Å²) < 4.78 is 7.06. The predicted molar refractivity (Wildman–Crippen MR) is 151 cm³/mol. The second kappa shape index (κ2) is 11.0. The fraction of sp³-hybridized carbons (Fsp3) is 0.115. The van der Waals surface area contributed by atoms with Crippen LogP contribution in [-0.4, -0.2) is 22.7 Å². The summed E-state index contributed by atoms with van der Waals surface area (Å²) in [5, 5.41) is 3.42. The van der Waals surface area contributed by atoms with E-state index in [4.69, 9.17) is 28.6 Å². The maximum Gasteiger partial charge on any atom is 0.270 e. The van der Waals surface area contributed by atoms with Crippen molar-refractivity contribution in [1.82, 2.24) is 0 Å². The van der Waals surface area contributed by atoms with E-state index in [0.29, 0.717) is 25.7 Å². The molecular formula is C26H20BrClN2O3S2. The maximum atomic E-state index is 13.1. The maximum absolute atomic E-state index is 13.1. The zero-order valence-corrected chi connectivity index (χ0v) is 22.8. The summed E-state index contributed by atoms with van der Waals surface area (Å²) in [4.78, 5) is 27.4. The molecule has 0 unspecified atom stereocenters. The third kappa shape index (κ3) is 6.13. The van der Waals surface area contributed by atoms with Gasteiger partial charge in [-0.15, -0.1) is 0 Å². The normalized spacial score (nSPS) is 14.5. The van der Waals surface area contributed by atoms with Crippen molar-refractivity contribution < 1.29 is 14.3 Å². The number of thioether (sulfide) groups is 1. The van der Waals surface area contributed by atoms with E-state index in [0.717, 1.165) is 26.9 Å². The van der Waals surface area contributed by atoms with Crippen LogP contribution in [0, 0.1) is 13.8 Å². The van der Waals surface area contributed by atoms with Gasteiger partial charge in [-0.25, -0.2) is 0 Å². The van der Waals surface area contributed by atoms with E-state index in [-0.39, 0.29) is 18.4 Å². The van der Waals surface area contributed by atoms with Gasteiger partial charge in [-0.3, -0.25) is 14.5 Å². The van der Waals surface area contributed by atoms with Crippen molar-refractivity contribution in [2.75, 3.05) is 16.8 Å². The lowest BCUT2D eigenvalue weighted by molar-refractivity contribution is -0.118. The Bertz CT molecular complexity index is 1380. The topological polar surface area (TPSA) is 58.6 Å². The minimum Gasteiger partial charge on any atom is -0.484 e. The minimum atomic E-state index is -0.265. The molecule has 178 valence electrons. The molecule has 0 aliphatic carbocycles. The van der Waals surface area contributed by atoms with Crippen LogP contribution < -0.4 is 15.0 Å². The Hall–Kier alpha value is -2.65. The molecule has 1 aliphatic heterocycles. The lowest BCUT2D eigenvalue weighted by Gasteiger charge is -2.15. The van der Waals surface area contributed by atoms with Gasteiger partial charge in [0.2, 0.25) is 0 Å². The number of nitrogens with one attached hydrogen (secondary N) is 1. The molecule has 1 aliphatic rings. The van der Waals surface area contributed by atoms with Crippen LogP contribution >= 0.6 is 51.5 Å². The molecule has 0 radical (unpaired) electrons. The molecule has 4 rings (SSSR count). The van der Waals surface area contributed by atoms with Gasteiger partial charge >= 0.3 is 0 Å². The molecule has 1 saturated heterocycles. The number of benzene rings is 3. The summed E-state index contributed by atoms with van der Waals surface area (Å²) in [5.41, 5.74) is 3.99. The standard InChI is InChI=1S/C26H20BrClN2O3S2/c1-15-6-8-19(13-21(15)28)30-25(32)23(35-26(30)34)12-17-4-3-5-20(11-17)33-14-24(31)29-22-9-7-18(27)10-16(22)2/h3-13H,14H2,1-2H3,(H,29,31)/b23-12-. The van der Waals surface area contributed by atoms with Crippen LogP contribution in [0.5, 0.6) is 5.75 Å².